The van der Waals surface area contributed by atoms with Gasteiger partial charge in [-0.05, 0) is 12.0 Å². The normalized spacial score (nSPS) is 12.0. The predicted octanol–water partition coefficient (Wildman–Crippen LogP) is 5.63. The lowest BCUT2D eigenvalue weighted by molar-refractivity contribution is -0.142. The highest BCUT2D eigenvalue weighted by Crippen LogP contribution is 2.18. The predicted molar refractivity (Wildman–Crippen MR) is 83.5 cm³/mol. The molecule has 1 aromatic rings. The summed E-state index contributed by atoms with van der Waals surface area (Å²) >= 11 is 0. The number of rotatable bonds is 10. The Hall–Kier alpha value is -1.71. The van der Waals surface area contributed by atoms with E-state index in [4.69, 9.17) is 4.74 Å². The van der Waals surface area contributed by atoms with Gasteiger partial charge in [0, 0.05) is 6.42 Å². The van der Waals surface area contributed by atoms with Crippen molar-refractivity contribution in [3.63, 3.8) is 0 Å². The molecular weight excluding hydrogens is 286 g/mol. The van der Waals surface area contributed by atoms with Crippen molar-refractivity contribution in [2.24, 2.45) is 0 Å². The van der Waals surface area contributed by atoms with Gasteiger partial charge in [-0.3, -0.25) is 0 Å². The monoisotopic (exact) mass is 310 g/mol. The highest BCUT2D eigenvalue weighted by Gasteiger charge is 2.17. The number of allylic oxidation sites excluding steroid dienone is 1. The first-order chi connectivity index (χ1) is 10.6. The van der Waals surface area contributed by atoms with Gasteiger partial charge in [0.25, 0.3) is 0 Å². The molecule has 22 heavy (non-hydrogen) atoms. The number of esters is 1. The maximum absolute atomic E-state index is 13.6. The summed E-state index contributed by atoms with van der Waals surface area (Å²) in [4.78, 5) is 11.4. The Balaban J connectivity index is 2.30. The van der Waals surface area contributed by atoms with Gasteiger partial charge in [-0.25, -0.2) is 9.18 Å². The van der Waals surface area contributed by atoms with Crippen molar-refractivity contribution >= 4 is 5.97 Å². The van der Waals surface area contributed by atoms with Crippen LogP contribution in [0.5, 0.6) is 0 Å². The van der Waals surface area contributed by atoms with Crippen LogP contribution in [0.2, 0.25) is 0 Å². The fourth-order valence-electron chi connectivity index (χ4n) is 2.07. The van der Waals surface area contributed by atoms with Crippen molar-refractivity contribution in [1.82, 2.24) is 0 Å². The summed E-state index contributed by atoms with van der Waals surface area (Å²) in [7, 11) is 0. The van der Waals surface area contributed by atoms with Gasteiger partial charge in [0.15, 0.2) is 0 Å². The van der Waals surface area contributed by atoms with E-state index in [1.807, 2.05) is 6.07 Å². The third-order valence-electron chi connectivity index (χ3n) is 3.38. The zero-order valence-corrected chi connectivity index (χ0v) is 13.1. The van der Waals surface area contributed by atoms with E-state index in [0.717, 1.165) is 31.2 Å². The lowest BCUT2D eigenvalue weighted by Gasteiger charge is -2.04. The molecule has 0 fully saturated rings. The molecule has 0 aliphatic heterocycles. The van der Waals surface area contributed by atoms with Crippen LogP contribution in [0.1, 0.15) is 57.4 Å². The van der Waals surface area contributed by atoms with Crippen molar-refractivity contribution in [1.29, 1.82) is 0 Å². The number of hydrogen-bond acceptors (Lipinski definition) is 2. The first kappa shape index (κ1) is 18.3. The molecule has 0 N–H and O–H groups in total. The lowest BCUT2D eigenvalue weighted by atomic mass is 10.1. The second-order valence-corrected chi connectivity index (χ2v) is 5.30. The van der Waals surface area contributed by atoms with Crippen LogP contribution in [0.3, 0.4) is 0 Å². The van der Waals surface area contributed by atoms with Crippen LogP contribution < -0.4 is 0 Å². The first-order valence-electron chi connectivity index (χ1n) is 7.90. The highest BCUT2D eigenvalue weighted by molar-refractivity contribution is 5.86. The molecule has 0 saturated heterocycles. The second kappa shape index (κ2) is 10.9. The number of ether oxygens (including phenoxy) is 1. The topological polar surface area (TPSA) is 26.3 Å². The fraction of sp³-hybridized carbons (Fsp3) is 0.500. The summed E-state index contributed by atoms with van der Waals surface area (Å²) in [5, 5.41) is 0. The Labute approximate surface area is 131 Å². The molecule has 0 aliphatic carbocycles. The number of unbranched alkanes of at least 4 members (excludes halogenated alkanes) is 5. The van der Waals surface area contributed by atoms with E-state index in [9.17, 15) is 13.6 Å². The van der Waals surface area contributed by atoms with Crippen molar-refractivity contribution in [2.75, 3.05) is 0 Å². The molecule has 0 bridgehead atoms. The quantitative estimate of drug-likeness (QED) is 0.318. The van der Waals surface area contributed by atoms with E-state index < -0.39 is 17.6 Å². The molecule has 0 unspecified atom stereocenters. The van der Waals surface area contributed by atoms with Crippen LogP contribution in [0.25, 0.3) is 0 Å². The Morgan fingerprint density at radius 3 is 2.32 bits per heavy atom. The SMILES string of the molecule is CCCCCCCC/C(F)=C(/F)C(=O)OCc1ccccc1. The average Bonchev–Trinajstić information content (AvgIpc) is 2.55. The first-order valence-corrected chi connectivity index (χ1v) is 7.90. The second-order valence-electron chi connectivity index (χ2n) is 5.30. The lowest BCUT2D eigenvalue weighted by Crippen LogP contribution is -2.06. The summed E-state index contributed by atoms with van der Waals surface area (Å²) < 4.78 is 31.9. The van der Waals surface area contributed by atoms with Crippen molar-refractivity contribution < 1.29 is 18.3 Å². The van der Waals surface area contributed by atoms with Crippen LogP contribution >= 0.6 is 0 Å². The molecule has 0 radical (unpaired) electrons. The van der Waals surface area contributed by atoms with Crippen LogP contribution in [0.15, 0.2) is 42.0 Å². The Morgan fingerprint density at radius 2 is 1.64 bits per heavy atom. The number of carbonyl (C=O) groups is 1. The fourth-order valence-corrected chi connectivity index (χ4v) is 2.07. The van der Waals surface area contributed by atoms with E-state index in [1.54, 1.807) is 24.3 Å². The number of benzene rings is 1. The zero-order chi connectivity index (χ0) is 16.2. The molecule has 2 nitrogen and oxygen atoms in total. The van der Waals surface area contributed by atoms with Crippen LogP contribution in [-0.2, 0) is 16.1 Å². The smallest absolute Gasteiger partial charge is 0.370 e. The molecule has 4 heteroatoms. The van der Waals surface area contributed by atoms with Crippen LogP contribution in [0, 0.1) is 0 Å². The molecule has 0 aromatic heterocycles. The van der Waals surface area contributed by atoms with Gasteiger partial charge >= 0.3 is 5.97 Å². The van der Waals surface area contributed by atoms with E-state index in [1.165, 1.54) is 6.42 Å². The van der Waals surface area contributed by atoms with Crippen LogP contribution in [-0.4, -0.2) is 5.97 Å². The largest absolute Gasteiger partial charge is 0.455 e. The number of carbonyl (C=O) groups excluding carboxylic acids is 1. The van der Waals surface area contributed by atoms with E-state index in [0.29, 0.717) is 6.42 Å². The molecule has 1 aromatic carbocycles. The minimum absolute atomic E-state index is 0.0433. The van der Waals surface area contributed by atoms with Crippen LogP contribution in [0.4, 0.5) is 8.78 Å². The molecule has 1 rings (SSSR count). The third-order valence-corrected chi connectivity index (χ3v) is 3.38. The van der Waals surface area contributed by atoms with Crippen molar-refractivity contribution in [2.45, 2.75) is 58.5 Å². The van der Waals surface area contributed by atoms with E-state index in [-0.39, 0.29) is 13.0 Å². The van der Waals surface area contributed by atoms with Gasteiger partial charge in [-0.1, -0.05) is 69.4 Å². The van der Waals surface area contributed by atoms with Crippen molar-refractivity contribution in [3.8, 4) is 0 Å². The highest BCUT2D eigenvalue weighted by atomic mass is 19.2. The standard InChI is InChI=1S/C18H24F2O2/c1-2-3-4-5-6-10-13-16(19)17(20)18(21)22-14-15-11-8-7-9-12-15/h7-9,11-12H,2-6,10,13-14H2,1H3/b17-16-. The van der Waals surface area contributed by atoms with Gasteiger partial charge < -0.3 is 4.74 Å². The molecule has 122 valence electrons. The average molecular weight is 310 g/mol. The van der Waals surface area contributed by atoms with E-state index >= 15 is 0 Å². The van der Waals surface area contributed by atoms with Gasteiger partial charge in [0.1, 0.15) is 12.4 Å². The van der Waals surface area contributed by atoms with E-state index in [2.05, 4.69) is 6.92 Å². The van der Waals surface area contributed by atoms with Gasteiger partial charge in [0.05, 0.1) is 0 Å². The van der Waals surface area contributed by atoms with Gasteiger partial charge in [-0.15, -0.1) is 0 Å². The Bertz CT molecular complexity index is 469. The Morgan fingerprint density at radius 1 is 1.00 bits per heavy atom. The van der Waals surface area contributed by atoms with Gasteiger partial charge in [0.2, 0.25) is 5.83 Å². The maximum Gasteiger partial charge on any atom is 0.370 e. The van der Waals surface area contributed by atoms with Gasteiger partial charge in [-0.2, -0.15) is 4.39 Å². The maximum atomic E-state index is 13.6. The van der Waals surface area contributed by atoms with Crippen molar-refractivity contribution in [3.05, 3.63) is 47.5 Å². The summed E-state index contributed by atoms with van der Waals surface area (Å²) in [6.45, 7) is 2.07. The molecule has 0 amide bonds. The minimum atomic E-state index is -1.40. The number of halogens is 2. The third kappa shape index (κ3) is 7.34. The Kier molecular flexibility index (Phi) is 9.12. The summed E-state index contributed by atoms with van der Waals surface area (Å²) in [5.74, 6) is -3.63. The molecule has 0 spiro atoms. The zero-order valence-electron chi connectivity index (χ0n) is 13.1. The summed E-state index contributed by atoms with van der Waals surface area (Å²) in [6.07, 6.45) is 5.80. The molecule has 0 atom stereocenters. The molecule has 0 aliphatic rings. The molecular formula is C18H24F2O2. The molecule has 0 heterocycles. The number of hydrogen-bond donors (Lipinski definition) is 0. The summed E-state index contributed by atoms with van der Waals surface area (Å²) in [5.41, 5.74) is 0.736. The minimum Gasteiger partial charge on any atom is -0.455 e. The molecule has 0 saturated carbocycles. The summed E-state index contributed by atoms with van der Waals surface area (Å²) in [6, 6.07) is 8.90.